The number of carboxylic acids is 3. The molecule has 110 heavy (non-hydrogen) atoms. The molecule has 1 heterocycles. The van der Waals surface area contributed by atoms with Gasteiger partial charge in [-0.1, -0.05) is 94.2 Å². The molecule has 2 rings (SSSR count). The van der Waals surface area contributed by atoms with Crippen molar-refractivity contribution in [2.75, 3.05) is 31.8 Å². The molecule has 39 nitrogen and oxygen atoms in total. The number of phenolic OH excluding ortho intramolecular Hbond substituents is 1. The van der Waals surface area contributed by atoms with Gasteiger partial charge in [-0.25, -0.2) is 4.79 Å². The maximum atomic E-state index is 14.4. The van der Waals surface area contributed by atoms with Crippen LogP contribution in [-0.2, 0) is 87.9 Å². The molecule has 14 amide bonds. The monoisotopic (exact) mass is 1580 g/mol. The summed E-state index contributed by atoms with van der Waals surface area (Å²) in [5.41, 5.74) is 12.1. The van der Waals surface area contributed by atoms with Gasteiger partial charge < -0.3 is 116 Å². The van der Waals surface area contributed by atoms with Gasteiger partial charge in [-0.3, -0.25) is 76.7 Å². The third kappa shape index (κ3) is 31.3. The van der Waals surface area contributed by atoms with Gasteiger partial charge in [0, 0.05) is 19.4 Å². The number of carboxylic acid groups (broad SMARTS) is 3. The van der Waals surface area contributed by atoms with E-state index in [0.29, 0.717) is 18.4 Å². The number of carbonyl (C=O) groups excluding carboxylic acids is 14. The summed E-state index contributed by atoms with van der Waals surface area (Å²) in [5, 5.41) is 98.2. The molecule has 1 fully saturated rings. The van der Waals surface area contributed by atoms with E-state index in [9.17, 15) is 117 Å². The van der Waals surface area contributed by atoms with Crippen molar-refractivity contribution in [2.45, 2.75) is 237 Å². The highest BCUT2D eigenvalue weighted by molar-refractivity contribution is 7.98. The molecule has 1 aliphatic heterocycles. The number of aliphatic carboxylic acids is 3. The number of thioether (sulfide) groups is 1. The Morgan fingerprint density at radius 2 is 0.864 bits per heavy atom. The van der Waals surface area contributed by atoms with Crippen LogP contribution in [0.25, 0.3) is 0 Å². The fourth-order valence-corrected chi connectivity index (χ4v) is 11.8. The van der Waals surface area contributed by atoms with E-state index in [-0.39, 0.29) is 43.7 Å². The number of nitrogens with two attached hydrogens (primary N) is 2. The van der Waals surface area contributed by atoms with Crippen LogP contribution >= 0.6 is 11.8 Å². The Bertz CT molecular complexity index is 3370. The number of likely N-dealkylation sites (tertiary alicyclic amines) is 1. The van der Waals surface area contributed by atoms with E-state index in [1.54, 1.807) is 61.6 Å². The first-order chi connectivity index (χ1) is 51.5. The fraction of sp³-hybridized carbons (Fsp3) is 0.671. The number of nitrogens with one attached hydrogen (secondary N) is 12. The maximum absolute atomic E-state index is 14.4. The lowest BCUT2D eigenvalue weighted by Gasteiger charge is -2.32. The highest BCUT2D eigenvalue weighted by Gasteiger charge is 2.43. The summed E-state index contributed by atoms with van der Waals surface area (Å²) in [6.45, 7) is 14.6. The molecular formula is C70H113N15O24S. The third-order valence-electron chi connectivity index (χ3n) is 18.4. The molecule has 1 aliphatic rings. The van der Waals surface area contributed by atoms with E-state index >= 15 is 0 Å². The molecule has 618 valence electrons. The number of hydrogen-bond acceptors (Lipinski definition) is 23. The number of phenols is 1. The van der Waals surface area contributed by atoms with E-state index in [4.69, 9.17) is 11.5 Å². The molecule has 1 aromatic rings. The Hall–Kier alpha value is -9.80. The molecule has 17 atom stereocenters. The molecule has 0 aliphatic carbocycles. The molecule has 0 spiro atoms. The Kier molecular flexibility index (Phi) is 41.4. The number of aromatic hydroxyl groups is 1. The van der Waals surface area contributed by atoms with E-state index in [0.717, 1.165) is 11.8 Å². The second kappa shape index (κ2) is 47.3. The number of aliphatic hydroxyl groups is 3. The molecule has 40 heteroatoms. The largest absolute Gasteiger partial charge is 0.508 e. The highest BCUT2D eigenvalue weighted by atomic mass is 32.2. The minimum atomic E-state index is -2.15. The number of aliphatic hydroxyl groups excluding tert-OH is 3. The quantitative estimate of drug-likeness (QED) is 0.0290. The molecule has 0 aromatic heterocycles. The first kappa shape index (κ1) is 96.3. The van der Waals surface area contributed by atoms with Gasteiger partial charge in [0.15, 0.2) is 6.04 Å². The standard InChI is InChI=1S/C70H113N15O24S/c1-13-35(9)54(67(105)81-53(34(7)8)66(104)84-56(37(11)88)70(108)109)83-68(106)55(36(10)14-2)82-65(103)52(33(5)6)79-59(97)42(25-27-110-12)74-58(96)41(21-23-48(72)90)73-61(99)45(30-86)77-60(98)44(29-50(93)94)76-62(100)46(31-87)78-64(102)51(32(3)4)80-63(101)47-16-15-26-85(47)69(107)43(22-24-49(91)92)75-57(95)40(71)28-38-17-19-39(89)20-18-38/h17-20,32-37,40-47,51-56,86-89H,13-16,21-31,71H2,1-12H3,(H2,72,90)(H,73,99)(H,74,96)(H,75,95)(H,76,100)(H,77,98)(H,78,102)(H,79,97)(H,80,101)(H,81,105)(H,82,103)(H,83,106)(H,84,104)(H,91,92)(H,93,94)(H,108,109)/t35-,36-,37+,40-,41-,42-,43-,44-,45-,46-,47-,51-,52-,53-,54-,55-,56-/m0/s1. The zero-order chi connectivity index (χ0) is 83.7. The molecule has 23 N–H and O–H groups in total. The summed E-state index contributed by atoms with van der Waals surface area (Å²) in [7, 11) is 0. The van der Waals surface area contributed by atoms with E-state index < -0.39 is 266 Å². The predicted octanol–water partition coefficient (Wildman–Crippen LogP) is -5.06. The maximum Gasteiger partial charge on any atom is 0.328 e. The van der Waals surface area contributed by atoms with Crippen LogP contribution in [-0.4, -0.2) is 264 Å². The number of hydrogen-bond donors (Lipinski definition) is 21. The molecule has 0 saturated carbocycles. The van der Waals surface area contributed by atoms with Gasteiger partial charge in [-0.2, -0.15) is 11.8 Å². The molecule has 0 unspecified atom stereocenters. The minimum absolute atomic E-state index is 0.0333. The van der Waals surface area contributed by atoms with Crippen LogP contribution in [0.5, 0.6) is 5.75 Å². The second-order valence-electron chi connectivity index (χ2n) is 28.2. The number of carbonyl (C=O) groups is 17. The Morgan fingerprint density at radius 3 is 1.30 bits per heavy atom. The van der Waals surface area contributed by atoms with Crippen LogP contribution in [0.2, 0.25) is 0 Å². The normalized spacial score (nSPS) is 17.1. The summed E-state index contributed by atoms with van der Waals surface area (Å²) < 4.78 is 0. The van der Waals surface area contributed by atoms with Crippen LogP contribution in [0.1, 0.15) is 146 Å². The lowest BCUT2D eigenvalue weighted by molar-refractivity contribution is -0.145. The Labute approximate surface area is 641 Å². The highest BCUT2D eigenvalue weighted by Crippen LogP contribution is 2.22. The van der Waals surface area contributed by atoms with E-state index in [2.05, 4.69) is 63.8 Å². The second-order valence-corrected chi connectivity index (χ2v) is 29.2. The number of benzene rings is 1. The van der Waals surface area contributed by atoms with Crippen LogP contribution in [0.4, 0.5) is 0 Å². The van der Waals surface area contributed by atoms with E-state index in [1.807, 2.05) is 0 Å². The Balaban J connectivity index is 2.35. The van der Waals surface area contributed by atoms with Crippen molar-refractivity contribution < 1.29 is 117 Å². The van der Waals surface area contributed by atoms with Crippen molar-refractivity contribution in [1.82, 2.24) is 68.7 Å². The summed E-state index contributed by atoms with van der Waals surface area (Å²) >= 11 is 1.24. The number of nitrogens with zero attached hydrogens (tertiary/aromatic N) is 1. The van der Waals surface area contributed by atoms with Crippen LogP contribution in [0, 0.1) is 29.6 Å². The number of primary amides is 1. The van der Waals surface area contributed by atoms with Gasteiger partial charge in [0.25, 0.3) is 0 Å². The molecule has 1 saturated heterocycles. The van der Waals surface area contributed by atoms with Crippen LogP contribution in [0.3, 0.4) is 0 Å². The Morgan fingerprint density at radius 1 is 0.482 bits per heavy atom. The van der Waals surface area contributed by atoms with Crippen molar-refractivity contribution >= 4 is 112 Å². The third-order valence-corrected chi connectivity index (χ3v) is 19.0. The fourth-order valence-electron chi connectivity index (χ4n) is 11.3. The van der Waals surface area contributed by atoms with Crippen molar-refractivity contribution in [3.05, 3.63) is 29.8 Å². The van der Waals surface area contributed by atoms with Gasteiger partial charge in [0.05, 0.1) is 31.8 Å². The van der Waals surface area contributed by atoms with Crippen LogP contribution < -0.4 is 75.3 Å². The average molecular weight is 1580 g/mol. The van der Waals surface area contributed by atoms with Crippen molar-refractivity contribution in [3.8, 4) is 5.75 Å². The summed E-state index contributed by atoms with van der Waals surface area (Å²) in [4.78, 5) is 230. The number of rotatable bonds is 49. The zero-order valence-corrected chi connectivity index (χ0v) is 64.9. The number of amides is 14. The van der Waals surface area contributed by atoms with Crippen molar-refractivity contribution in [1.29, 1.82) is 0 Å². The summed E-state index contributed by atoms with van der Waals surface area (Å²) in [6, 6.07) is -16.4. The average Bonchev–Trinajstić information content (AvgIpc) is 1.61. The van der Waals surface area contributed by atoms with Gasteiger partial charge in [0.2, 0.25) is 82.7 Å². The van der Waals surface area contributed by atoms with E-state index in [1.165, 1.54) is 49.9 Å². The van der Waals surface area contributed by atoms with Gasteiger partial charge in [-0.05, 0) is 105 Å². The first-order valence-corrected chi connectivity index (χ1v) is 37.7. The lowest BCUT2D eigenvalue weighted by Crippen LogP contribution is -2.63. The first-order valence-electron chi connectivity index (χ1n) is 36.3. The predicted molar refractivity (Wildman–Crippen MR) is 395 cm³/mol. The lowest BCUT2D eigenvalue weighted by atomic mass is 9.93. The summed E-state index contributed by atoms with van der Waals surface area (Å²) in [5.74, 6) is -22.1. The van der Waals surface area contributed by atoms with Crippen molar-refractivity contribution in [3.63, 3.8) is 0 Å². The van der Waals surface area contributed by atoms with Crippen LogP contribution in [0.15, 0.2) is 24.3 Å². The molecule has 0 radical (unpaired) electrons. The molecule has 0 bridgehead atoms. The topological polar surface area (TPSA) is 631 Å². The molecule has 1 aromatic carbocycles. The summed E-state index contributed by atoms with van der Waals surface area (Å²) in [6.07, 6.45) is -2.46. The van der Waals surface area contributed by atoms with Gasteiger partial charge in [0.1, 0.15) is 78.3 Å². The van der Waals surface area contributed by atoms with Gasteiger partial charge in [-0.15, -0.1) is 0 Å². The SMILES string of the molecule is CC[C@H](C)[C@H](NC(=O)[C@@H](NC(=O)[C@H](CCSC)NC(=O)[C@H](CCC(N)=O)NC(=O)[C@H](CO)NC(=O)[C@H](CC(=O)O)NC(=O)[C@H](CO)NC(=O)[C@@H](NC(=O)[C@@H]1CCCN1C(=O)[C@H](CCC(=O)O)NC(=O)[C@@H](N)Cc1ccc(O)cc1)C(C)C)C(C)C)C(=O)N[C@H](C(=O)N[C@H](C(=O)N[C@H](C(=O)O)[C@@H](C)O)C(C)C)[C@@H](C)CC. The minimum Gasteiger partial charge on any atom is -0.508 e. The zero-order valence-electron chi connectivity index (χ0n) is 64.0. The van der Waals surface area contributed by atoms with Crippen molar-refractivity contribution in [2.24, 2.45) is 41.1 Å². The molecular weight excluding hydrogens is 1470 g/mol. The smallest absolute Gasteiger partial charge is 0.328 e. The van der Waals surface area contributed by atoms with Gasteiger partial charge >= 0.3 is 17.9 Å².